The number of hydrogen-bond donors (Lipinski definition) is 2. The molecule has 2 rings (SSSR count). The molecular weight excluding hydrogens is 366 g/mol. The van der Waals surface area contributed by atoms with Crippen LogP contribution in [-0.2, 0) is 26.9 Å². The lowest BCUT2D eigenvalue weighted by atomic mass is 9.88. The van der Waals surface area contributed by atoms with Crippen LogP contribution < -0.4 is 10.1 Å². The van der Waals surface area contributed by atoms with Gasteiger partial charge in [-0.15, -0.1) is 0 Å². The number of carboxylic acids is 1. The summed E-state index contributed by atoms with van der Waals surface area (Å²) in [6.45, 7) is 1.67. The summed E-state index contributed by atoms with van der Waals surface area (Å²) in [6, 6.07) is 13.8. The summed E-state index contributed by atoms with van der Waals surface area (Å²) in [4.78, 5) is 24.2. The maximum absolute atomic E-state index is 12.8. The normalized spacial score (nSPS) is 14.0. The van der Waals surface area contributed by atoms with Crippen LogP contribution in [0.1, 0.15) is 34.8 Å². The van der Waals surface area contributed by atoms with Gasteiger partial charge in [0, 0.05) is 28.4 Å². The Morgan fingerprint density at radius 3 is 2.52 bits per heavy atom. The van der Waals surface area contributed by atoms with Gasteiger partial charge < -0.3 is 15.2 Å². The van der Waals surface area contributed by atoms with Crippen LogP contribution in [0.5, 0.6) is 5.75 Å². The van der Waals surface area contributed by atoms with Crippen molar-refractivity contribution in [3.05, 3.63) is 65.2 Å². The van der Waals surface area contributed by atoms with Crippen LogP contribution in [0.3, 0.4) is 0 Å². The third-order valence-electron chi connectivity index (χ3n) is 4.16. The van der Waals surface area contributed by atoms with E-state index in [0.717, 1.165) is 5.56 Å². The largest absolute Gasteiger partial charge is 0.497 e. The molecule has 0 heterocycles. The van der Waals surface area contributed by atoms with Gasteiger partial charge in [0.2, 0.25) is 0 Å². The molecule has 144 valence electrons. The van der Waals surface area contributed by atoms with Gasteiger partial charge in [0.1, 0.15) is 5.75 Å². The number of ether oxygens (including phenoxy) is 1. The molecule has 0 aliphatic carbocycles. The molecule has 7 heteroatoms. The fourth-order valence-electron chi connectivity index (χ4n) is 2.85. The van der Waals surface area contributed by atoms with Gasteiger partial charge in [-0.25, -0.2) is 0 Å². The van der Waals surface area contributed by atoms with Crippen LogP contribution >= 0.6 is 0 Å². The molecular formula is C20H23NO5S. The number of aliphatic carboxylic acids is 1. The van der Waals surface area contributed by atoms with E-state index in [-0.39, 0.29) is 6.42 Å². The zero-order valence-corrected chi connectivity index (χ0v) is 16.3. The first-order valence-electron chi connectivity index (χ1n) is 8.31. The van der Waals surface area contributed by atoms with E-state index in [1.807, 2.05) is 0 Å². The minimum atomic E-state index is -1.12. The quantitative estimate of drug-likeness (QED) is 0.724. The summed E-state index contributed by atoms with van der Waals surface area (Å²) in [6.07, 6.45) is 1.31. The van der Waals surface area contributed by atoms with Crippen molar-refractivity contribution in [2.75, 3.05) is 13.4 Å². The van der Waals surface area contributed by atoms with E-state index < -0.39 is 28.2 Å². The number of rotatable bonds is 8. The van der Waals surface area contributed by atoms with Gasteiger partial charge in [-0.3, -0.25) is 13.8 Å². The molecule has 0 bridgehead atoms. The van der Waals surface area contributed by atoms with Gasteiger partial charge in [-0.2, -0.15) is 0 Å². The first-order valence-corrected chi connectivity index (χ1v) is 10.0. The Kier molecular flexibility index (Phi) is 6.74. The average Bonchev–Trinajstić information content (AvgIpc) is 2.60. The predicted molar refractivity (Wildman–Crippen MR) is 104 cm³/mol. The molecule has 2 aromatic carbocycles. The maximum Gasteiger partial charge on any atom is 0.306 e. The van der Waals surface area contributed by atoms with Crippen LogP contribution in [0.2, 0.25) is 0 Å². The second-order valence-corrected chi connectivity index (χ2v) is 7.94. The van der Waals surface area contributed by atoms with Gasteiger partial charge in [-0.05, 0) is 42.3 Å². The SMILES string of the molecule is COc1cccc(C(C)(CC(=O)O)NC(=O)c2cccc(CS(C)=O)c2)c1. The Hall–Kier alpha value is -2.67. The number of carbonyl (C=O) groups is 2. The molecule has 0 radical (unpaired) electrons. The van der Waals surface area contributed by atoms with Gasteiger partial charge in [0.15, 0.2) is 0 Å². The van der Waals surface area contributed by atoms with Crippen molar-refractivity contribution in [2.24, 2.45) is 0 Å². The van der Waals surface area contributed by atoms with Crippen molar-refractivity contribution in [3.63, 3.8) is 0 Å². The van der Waals surface area contributed by atoms with E-state index in [1.165, 1.54) is 7.11 Å². The Morgan fingerprint density at radius 1 is 1.19 bits per heavy atom. The lowest BCUT2D eigenvalue weighted by molar-refractivity contribution is -0.138. The highest BCUT2D eigenvalue weighted by atomic mass is 32.2. The van der Waals surface area contributed by atoms with E-state index in [9.17, 15) is 18.9 Å². The van der Waals surface area contributed by atoms with Gasteiger partial charge in [0.25, 0.3) is 5.91 Å². The Labute approximate surface area is 161 Å². The summed E-state index contributed by atoms with van der Waals surface area (Å²) >= 11 is 0. The fraction of sp³-hybridized carbons (Fsp3) is 0.300. The fourth-order valence-corrected chi connectivity index (χ4v) is 3.50. The molecule has 0 spiro atoms. The summed E-state index contributed by atoms with van der Waals surface area (Å²) in [5, 5.41) is 12.2. The Balaban J connectivity index is 2.33. The van der Waals surface area contributed by atoms with Crippen LogP contribution in [0.25, 0.3) is 0 Å². The maximum atomic E-state index is 12.8. The zero-order chi connectivity index (χ0) is 20.0. The second kappa shape index (κ2) is 8.81. The van der Waals surface area contributed by atoms with E-state index in [0.29, 0.717) is 22.6 Å². The predicted octanol–water partition coefficient (Wildman–Crippen LogP) is 2.69. The standard InChI is InChI=1S/C20H23NO5S/c1-20(12-18(22)23,16-8-5-9-17(11-16)26-2)21-19(24)15-7-4-6-14(10-15)13-27(3)25/h4-11H,12-13H2,1-3H3,(H,21,24)(H,22,23). The number of nitrogens with one attached hydrogen (secondary N) is 1. The molecule has 6 nitrogen and oxygen atoms in total. The summed E-state index contributed by atoms with van der Waals surface area (Å²) < 4.78 is 16.6. The van der Waals surface area contributed by atoms with E-state index >= 15 is 0 Å². The van der Waals surface area contributed by atoms with Crippen molar-refractivity contribution in [1.82, 2.24) is 5.32 Å². The summed E-state index contributed by atoms with van der Waals surface area (Å²) in [7, 11) is 0.502. The van der Waals surface area contributed by atoms with Crippen molar-refractivity contribution >= 4 is 22.7 Å². The van der Waals surface area contributed by atoms with Crippen molar-refractivity contribution in [2.45, 2.75) is 24.6 Å². The molecule has 0 aliphatic heterocycles. The molecule has 2 atom stereocenters. The highest BCUT2D eigenvalue weighted by molar-refractivity contribution is 7.83. The molecule has 0 saturated carbocycles. The monoisotopic (exact) mass is 389 g/mol. The molecule has 0 aliphatic rings. The molecule has 0 saturated heterocycles. The molecule has 0 fully saturated rings. The minimum Gasteiger partial charge on any atom is -0.497 e. The highest BCUT2D eigenvalue weighted by Crippen LogP contribution is 2.28. The molecule has 2 N–H and O–H groups in total. The first-order chi connectivity index (χ1) is 12.7. The molecule has 2 unspecified atom stereocenters. The number of carbonyl (C=O) groups excluding carboxylic acids is 1. The van der Waals surface area contributed by atoms with Gasteiger partial charge >= 0.3 is 5.97 Å². The van der Waals surface area contributed by atoms with Crippen LogP contribution in [0, 0.1) is 0 Å². The van der Waals surface area contributed by atoms with Crippen molar-refractivity contribution in [1.29, 1.82) is 0 Å². The van der Waals surface area contributed by atoms with Crippen LogP contribution in [0.4, 0.5) is 0 Å². The number of methoxy groups -OCH3 is 1. The topological polar surface area (TPSA) is 92.7 Å². The first kappa shape index (κ1) is 20.6. The molecule has 2 aromatic rings. The van der Waals surface area contributed by atoms with E-state index in [1.54, 1.807) is 61.7 Å². The zero-order valence-electron chi connectivity index (χ0n) is 15.5. The van der Waals surface area contributed by atoms with Crippen molar-refractivity contribution < 1.29 is 23.6 Å². The van der Waals surface area contributed by atoms with E-state index in [2.05, 4.69) is 5.32 Å². The molecule has 1 amide bonds. The van der Waals surface area contributed by atoms with Crippen LogP contribution in [0.15, 0.2) is 48.5 Å². The van der Waals surface area contributed by atoms with Crippen molar-refractivity contribution in [3.8, 4) is 5.75 Å². The lowest BCUT2D eigenvalue weighted by Crippen LogP contribution is -2.45. The third-order valence-corrected chi connectivity index (χ3v) is 4.90. The van der Waals surface area contributed by atoms with Gasteiger partial charge in [0.05, 0.1) is 19.1 Å². The van der Waals surface area contributed by atoms with Gasteiger partial charge in [-0.1, -0.05) is 24.3 Å². The number of hydrogen-bond acceptors (Lipinski definition) is 4. The Morgan fingerprint density at radius 2 is 1.89 bits per heavy atom. The second-order valence-electron chi connectivity index (χ2n) is 6.51. The highest BCUT2D eigenvalue weighted by Gasteiger charge is 2.32. The summed E-state index contributed by atoms with van der Waals surface area (Å²) in [5.41, 5.74) is 0.673. The smallest absolute Gasteiger partial charge is 0.306 e. The Bertz CT molecular complexity index is 867. The minimum absolute atomic E-state index is 0.287. The van der Waals surface area contributed by atoms with Crippen LogP contribution in [-0.4, -0.2) is 34.6 Å². The number of benzene rings is 2. The van der Waals surface area contributed by atoms with E-state index in [4.69, 9.17) is 4.74 Å². The average molecular weight is 389 g/mol. The lowest BCUT2D eigenvalue weighted by Gasteiger charge is -2.30. The number of amides is 1. The summed E-state index contributed by atoms with van der Waals surface area (Å²) in [5.74, 6) is -0.504. The molecule has 27 heavy (non-hydrogen) atoms. The molecule has 0 aromatic heterocycles. The third kappa shape index (κ3) is 5.65. The number of carboxylic acid groups (broad SMARTS) is 1.